The van der Waals surface area contributed by atoms with E-state index in [4.69, 9.17) is 9.47 Å². The van der Waals surface area contributed by atoms with Crippen LogP contribution in [0.4, 0.5) is 0 Å². The second-order valence-corrected chi connectivity index (χ2v) is 6.17. The topological polar surface area (TPSA) is 30.5 Å². The van der Waals surface area contributed by atoms with E-state index in [1.165, 1.54) is 5.56 Å². The summed E-state index contributed by atoms with van der Waals surface area (Å²) in [5, 5.41) is 7.62. The van der Waals surface area contributed by atoms with Crippen molar-refractivity contribution < 1.29 is 9.47 Å². The number of methoxy groups -OCH3 is 1. The van der Waals surface area contributed by atoms with Crippen molar-refractivity contribution in [3.63, 3.8) is 0 Å². The van der Waals surface area contributed by atoms with Crippen molar-refractivity contribution in [2.24, 2.45) is 5.92 Å². The fourth-order valence-corrected chi connectivity index (χ4v) is 2.70. The number of nitrogens with one attached hydrogen (secondary N) is 1. The largest absolute Gasteiger partial charge is 0.493 e. The first-order valence-corrected chi connectivity index (χ1v) is 8.15. The van der Waals surface area contributed by atoms with Crippen molar-refractivity contribution in [3.05, 3.63) is 46.2 Å². The minimum absolute atomic E-state index is 0.570. The summed E-state index contributed by atoms with van der Waals surface area (Å²) < 4.78 is 11.4. The fraction of sp³-hybridized carbons (Fsp3) is 0.412. The molecule has 1 aromatic carbocycles. The van der Waals surface area contributed by atoms with Crippen LogP contribution in [0.3, 0.4) is 0 Å². The highest BCUT2D eigenvalue weighted by atomic mass is 32.1. The summed E-state index contributed by atoms with van der Waals surface area (Å²) in [4.78, 5) is 0. The molecular weight excluding hydrogens is 282 g/mol. The summed E-state index contributed by atoms with van der Waals surface area (Å²) in [7, 11) is 1.68. The molecule has 4 heteroatoms. The van der Waals surface area contributed by atoms with Crippen molar-refractivity contribution in [2.75, 3.05) is 13.7 Å². The van der Waals surface area contributed by atoms with Crippen LogP contribution in [0.5, 0.6) is 11.5 Å². The van der Waals surface area contributed by atoms with E-state index in [9.17, 15) is 0 Å². The molecule has 0 unspecified atom stereocenters. The second kappa shape index (κ2) is 8.05. The van der Waals surface area contributed by atoms with Gasteiger partial charge in [0.1, 0.15) is 6.61 Å². The maximum atomic E-state index is 6.00. The minimum atomic E-state index is 0.570. The lowest BCUT2D eigenvalue weighted by Gasteiger charge is -2.16. The highest BCUT2D eigenvalue weighted by molar-refractivity contribution is 7.07. The van der Waals surface area contributed by atoms with E-state index in [-0.39, 0.29) is 0 Å². The van der Waals surface area contributed by atoms with Gasteiger partial charge in [-0.15, -0.1) is 0 Å². The number of hydrogen-bond donors (Lipinski definition) is 1. The van der Waals surface area contributed by atoms with E-state index in [2.05, 4.69) is 42.1 Å². The Bertz CT molecular complexity index is 538. The van der Waals surface area contributed by atoms with E-state index < -0.39 is 0 Å². The first-order chi connectivity index (χ1) is 10.2. The maximum Gasteiger partial charge on any atom is 0.166 e. The number of hydrogen-bond acceptors (Lipinski definition) is 4. The molecule has 0 saturated carbocycles. The first kappa shape index (κ1) is 15.9. The summed E-state index contributed by atoms with van der Waals surface area (Å²) in [6.07, 6.45) is 0. The predicted molar refractivity (Wildman–Crippen MR) is 88.2 cm³/mol. The van der Waals surface area contributed by atoms with Crippen molar-refractivity contribution in [2.45, 2.75) is 27.0 Å². The highest BCUT2D eigenvalue weighted by Gasteiger charge is 2.11. The van der Waals surface area contributed by atoms with Crippen molar-refractivity contribution >= 4 is 11.3 Å². The number of para-hydroxylation sites is 1. The normalized spacial score (nSPS) is 10.9. The molecule has 2 rings (SSSR count). The zero-order chi connectivity index (χ0) is 15.1. The van der Waals surface area contributed by atoms with E-state index in [0.29, 0.717) is 12.5 Å². The molecule has 1 aromatic heterocycles. The molecule has 0 amide bonds. The van der Waals surface area contributed by atoms with E-state index in [0.717, 1.165) is 30.2 Å². The van der Waals surface area contributed by atoms with Gasteiger partial charge in [0.15, 0.2) is 11.5 Å². The SMILES string of the molecule is COc1cccc(CNCC(C)C)c1OCc1ccsc1. The summed E-state index contributed by atoms with van der Waals surface area (Å²) in [6.45, 7) is 6.75. The van der Waals surface area contributed by atoms with Crippen molar-refractivity contribution in [1.82, 2.24) is 5.32 Å². The van der Waals surface area contributed by atoms with Gasteiger partial charge in [-0.2, -0.15) is 11.3 Å². The molecule has 0 fully saturated rings. The molecule has 0 saturated heterocycles. The molecule has 114 valence electrons. The molecule has 1 heterocycles. The second-order valence-electron chi connectivity index (χ2n) is 5.39. The lowest BCUT2D eigenvalue weighted by molar-refractivity contribution is 0.281. The summed E-state index contributed by atoms with van der Waals surface area (Å²) in [5.74, 6) is 2.25. The van der Waals surface area contributed by atoms with Gasteiger partial charge in [0, 0.05) is 12.1 Å². The number of ether oxygens (including phenoxy) is 2. The van der Waals surface area contributed by atoms with Crippen LogP contribution in [0.25, 0.3) is 0 Å². The third kappa shape index (κ3) is 4.76. The molecule has 21 heavy (non-hydrogen) atoms. The molecule has 2 aromatic rings. The molecular formula is C17H23NO2S. The van der Waals surface area contributed by atoms with Crippen LogP contribution in [0.15, 0.2) is 35.0 Å². The summed E-state index contributed by atoms with van der Waals surface area (Å²) >= 11 is 1.68. The average Bonchev–Trinajstić information content (AvgIpc) is 2.98. The van der Waals surface area contributed by atoms with Gasteiger partial charge in [0.25, 0.3) is 0 Å². The Morgan fingerprint density at radius 1 is 1.24 bits per heavy atom. The van der Waals surface area contributed by atoms with Crippen LogP contribution in [0, 0.1) is 5.92 Å². The van der Waals surface area contributed by atoms with Crippen LogP contribution in [0.2, 0.25) is 0 Å². The molecule has 0 bridgehead atoms. The first-order valence-electron chi connectivity index (χ1n) is 7.21. The molecule has 0 aliphatic carbocycles. The number of thiophene rings is 1. The standard InChI is InChI=1S/C17H23NO2S/c1-13(2)9-18-10-15-5-4-6-16(19-3)17(15)20-11-14-7-8-21-12-14/h4-8,12-13,18H,9-11H2,1-3H3. The van der Waals surface area contributed by atoms with Crippen LogP contribution in [-0.4, -0.2) is 13.7 Å². The van der Waals surface area contributed by atoms with Gasteiger partial charge in [-0.25, -0.2) is 0 Å². The van der Waals surface area contributed by atoms with Gasteiger partial charge in [-0.3, -0.25) is 0 Å². The van der Waals surface area contributed by atoms with Gasteiger partial charge in [-0.1, -0.05) is 26.0 Å². The van der Waals surface area contributed by atoms with E-state index in [1.54, 1.807) is 18.4 Å². The van der Waals surface area contributed by atoms with Gasteiger partial charge < -0.3 is 14.8 Å². The Morgan fingerprint density at radius 2 is 2.10 bits per heavy atom. The highest BCUT2D eigenvalue weighted by Crippen LogP contribution is 2.32. The summed E-state index contributed by atoms with van der Waals surface area (Å²) in [5.41, 5.74) is 2.32. The summed E-state index contributed by atoms with van der Waals surface area (Å²) in [6, 6.07) is 8.10. The van der Waals surface area contributed by atoms with Crippen LogP contribution < -0.4 is 14.8 Å². The third-order valence-electron chi connectivity index (χ3n) is 3.11. The zero-order valence-electron chi connectivity index (χ0n) is 12.9. The molecule has 1 N–H and O–H groups in total. The van der Waals surface area contributed by atoms with Crippen molar-refractivity contribution in [1.29, 1.82) is 0 Å². The van der Waals surface area contributed by atoms with Crippen LogP contribution in [-0.2, 0) is 13.2 Å². The van der Waals surface area contributed by atoms with E-state index in [1.807, 2.05) is 12.1 Å². The Balaban J connectivity index is 2.07. The van der Waals surface area contributed by atoms with Crippen molar-refractivity contribution in [3.8, 4) is 11.5 Å². The molecule has 3 nitrogen and oxygen atoms in total. The third-order valence-corrected chi connectivity index (χ3v) is 3.84. The van der Waals surface area contributed by atoms with E-state index >= 15 is 0 Å². The number of benzene rings is 1. The minimum Gasteiger partial charge on any atom is -0.493 e. The monoisotopic (exact) mass is 305 g/mol. The van der Waals surface area contributed by atoms with Gasteiger partial charge >= 0.3 is 0 Å². The lowest BCUT2D eigenvalue weighted by Crippen LogP contribution is -2.19. The zero-order valence-corrected chi connectivity index (χ0v) is 13.7. The Morgan fingerprint density at radius 3 is 2.76 bits per heavy atom. The Kier molecular flexibility index (Phi) is 6.08. The molecule has 0 radical (unpaired) electrons. The average molecular weight is 305 g/mol. The van der Waals surface area contributed by atoms with Gasteiger partial charge in [0.05, 0.1) is 7.11 Å². The smallest absolute Gasteiger partial charge is 0.166 e. The maximum absolute atomic E-state index is 6.00. The molecule has 0 spiro atoms. The van der Waals surface area contributed by atoms with Crippen LogP contribution >= 0.6 is 11.3 Å². The lowest BCUT2D eigenvalue weighted by atomic mass is 10.1. The molecule has 0 atom stereocenters. The Hall–Kier alpha value is -1.52. The van der Waals surface area contributed by atoms with Gasteiger partial charge in [-0.05, 0) is 40.9 Å². The fourth-order valence-electron chi connectivity index (χ4n) is 2.05. The van der Waals surface area contributed by atoms with Crippen LogP contribution in [0.1, 0.15) is 25.0 Å². The molecule has 0 aliphatic heterocycles. The Labute approximate surface area is 130 Å². The number of rotatable bonds is 8. The quantitative estimate of drug-likeness (QED) is 0.797. The molecule has 0 aliphatic rings. The predicted octanol–water partition coefficient (Wildman–Crippen LogP) is 4.08. The van der Waals surface area contributed by atoms with Gasteiger partial charge in [0.2, 0.25) is 0 Å².